The van der Waals surface area contributed by atoms with Crippen molar-refractivity contribution in [1.82, 2.24) is 14.8 Å². The third-order valence-corrected chi connectivity index (χ3v) is 3.32. The predicted molar refractivity (Wildman–Crippen MR) is 79.7 cm³/mol. The Balaban J connectivity index is 2.12. The molecule has 21 heavy (non-hydrogen) atoms. The molecule has 2 rings (SSSR count). The summed E-state index contributed by atoms with van der Waals surface area (Å²) < 4.78 is 6.63. The van der Waals surface area contributed by atoms with E-state index >= 15 is 0 Å². The number of carboxylic acids is 1. The molecule has 0 saturated heterocycles. The largest absolute Gasteiger partial charge is 0.478 e. The number of aromatic carboxylic acids is 1. The van der Waals surface area contributed by atoms with Gasteiger partial charge in [-0.25, -0.2) is 9.78 Å². The van der Waals surface area contributed by atoms with Crippen LogP contribution in [-0.2, 0) is 11.8 Å². The maximum absolute atomic E-state index is 11.3. The van der Waals surface area contributed by atoms with Crippen LogP contribution in [0.5, 0.6) is 0 Å². The summed E-state index contributed by atoms with van der Waals surface area (Å²) in [5.41, 5.74) is 1.43. The lowest BCUT2D eigenvalue weighted by molar-refractivity contribution is 0.0697. The van der Waals surface area contributed by atoms with Gasteiger partial charge in [-0.1, -0.05) is 0 Å². The first kappa shape index (κ1) is 15.2. The highest BCUT2D eigenvalue weighted by atomic mass is 16.5. The van der Waals surface area contributed by atoms with E-state index in [-0.39, 0.29) is 5.56 Å². The number of unbranched alkanes of at least 4 members (excludes halogenated alkanes) is 2. The Morgan fingerprint density at radius 1 is 1.38 bits per heavy atom. The van der Waals surface area contributed by atoms with Gasteiger partial charge in [-0.15, -0.1) is 0 Å². The molecule has 2 N–H and O–H groups in total. The fraction of sp³-hybridized carbons (Fsp3) is 0.500. The zero-order valence-corrected chi connectivity index (χ0v) is 12.3. The summed E-state index contributed by atoms with van der Waals surface area (Å²) in [6.07, 6.45) is 6.00. The first-order chi connectivity index (χ1) is 10.1. The number of rotatable bonds is 8. The van der Waals surface area contributed by atoms with Gasteiger partial charge in [0, 0.05) is 33.5 Å². The lowest BCUT2D eigenvalue weighted by Gasteiger charge is -2.10. The van der Waals surface area contributed by atoms with E-state index in [1.807, 2.05) is 0 Å². The molecule has 0 unspecified atom stereocenters. The van der Waals surface area contributed by atoms with Crippen LogP contribution in [0, 0.1) is 0 Å². The van der Waals surface area contributed by atoms with E-state index in [4.69, 9.17) is 4.74 Å². The van der Waals surface area contributed by atoms with E-state index in [9.17, 15) is 9.90 Å². The molecular formula is C14H20N4O3. The molecule has 0 aliphatic carbocycles. The quantitative estimate of drug-likeness (QED) is 0.722. The van der Waals surface area contributed by atoms with Gasteiger partial charge in [0.05, 0.1) is 17.3 Å². The summed E-state index contributed by atoms with van der Waals surface area (Å²) in [5.74, 6) is -0.991. The number of pyridine rings is 1. The predicted octanol–water partition coefficient (Wildman–Crippen LogP) is 1.90. The van der Waals surface area contributed by atoms with Crippen LogP contribution in [0.2, 0.25) is 0 Å². The minimum atomic E-state index is -0.991. The van der Waals surface area contributed by atoms with Crippen molar-refractivity contribution in [3.8, 4) is 0 Å². The number of carboxylic acid groups (broad SMARTS) is 1. The maximum atomic E-state index is 11.3. The number of aromatic nitrogens is 3. The molecule has 2 heterocycles. The van der Waals surface area contributed by atoms with E-state index in [2.05, 4.69) is 15.4 Å². The van der Waals surface area contributed by atoms with Gasteiger partial charge in [0.25, 0.3) is 0 Å². The van der Waals surface area contributed by atoms with Crippen molar-refractivity contribution < 1.29 is 14.6 Å². The Morgan fingerprint density at radius 3 is 2.90 bits per heavy atom. The normalized spacial score (nSPS) is 11.0. The van der Waals surface area contributed by atoms with Crippen molar-refractivity contribution in [2.24, 2.45) is 7.05 Å². The van der Waals surface area contributed by atoms with E-state index in [1.165, 1.54) is 6.20 Å². The highest BCUT2D eigenvalue weighted by Gasteiger charge is 2.16. The Kier molecular flexibility index (Phi) is 5.10. The van der Waals surface area contributed by atoms with Crippen LogP contribution in [0.4, 0.5) is 5.69 Å². The zero-order valence-electron chi connectivity index (χ0n) is 12.3. The fourth-order valence-electron chi connectivity index (χ4n) is 2.21. The minimum absolute atomic E-state index is 0.174. The van der Waals surface area contributed by atoms with Crippen LogP contribution < -0.4 is 5.32 Å². The highest BCUT2D eigenvalue weighted by Crippen LogP contribution is 2.25. The lowest BCUT2D eigenvalue weighted by Crippen LogP contribution is -2.09. The molecule has 0 amide bonds. The van der Waals surface area contributed by atoms with Crippen molar-refractivity contribution in [2.45, 2.75) is 19.3 Å². The first-order valence-corrected chi connectivity index (χ1v) is 6.92. The van der Waals surface area contributed by atoms with Crippen LogP contribution in [0.25, 0.3) is 11.0 Å². The summed E-state index contributed by atoms with van der Waals surface area (Å²) in [6.45, 7) is 1.46. The number of carbonyl (C=O) groups is 1. The average molecular weight is 292 g/mol. The van der Waals surface area contributed by atoms with Crippen molar-refractivity contribution in [3.63, 3.8) is 0 Å². The molecule has 0 bridgehead atoms. The smallest absolute Gasteiger partial charge is 0.339 e. The van der Waals surface area contributed by atoms with Crippen LogP contribution in [-0.4, -0.2) is 46.1 Å². The van der Waals surface area contributed by atoms with E-state index in [0.29, 0.717) is 17.9 Å². The molecule has 7 nitrogen and oxygen atoms in total. The fourth-order valence-corrected chi connectivity index (χ4v) is 2.21. The van der Waals surface area contributed by atoms with E-state index in [0.717, 1.165) is 31.3 Å². The van der Waals surface area contributed by atoms with Gasteiger partial charge < -0.3 is 15.2 Å². The Bertz CT molecular complexity index is 624. The van der Waals surface area contributed by atoms with Crippen LogP contribution in [0.15, 0.2) is 12.4 Å². The number of hydrogen-bond acceptors (Lipinski definition) is 5. The third-order valence-electron chi connectivity index (χ3n) is 3.32. The number of fused-ring (bicyclic) bond motifs is 1. The average Bonchev–Trinajstić information content (AvgIpc) is 2.84. The minimum Gasteiger partial charge on any atom is -0.478 e. The zero-order chi connectivity index (χ0) is 15.2. The molecule has 0 fully saturated rings. The second kappa shape index (κ2) is 7.03. The van der Waals surface area contributed by atoms with Gasteiger partial charge >= 0.3 is 5.97 Å². The van der Waals surface area contributed by atoms with Crippen LogP contribution >= 0.6 is 0 Å². The first-order valence-electron chi connectivity index (χ1n) is 6.92. The van der Waals surface area contributed by atoms with Crippen LogP contribution in [0.3, 0.4) is 0 Å². The second-order valence-corrected chi connectivity index (χ2v) is 4.84. The molecule has 2 aromatic rings. The van der Waals surface area contributed by atoms with Crippen molar-refractivity contribution >= 4 is 22.7 Å². The van der Waals surface area contributed by atoms with Gasteiger partial charge in [0.2, 0.25) is 0 Å². The summed E-state index contributed by atoms with van der Waals surface area (Å²) >= 11 is 0. The molecule has 0 saturated carbocycles. The maximum Gasteiger partial charge on any atom is 0.339 e. The Morgan fingerprint density at radius 2 is 2.19 bits per heavy atom. The second-order valence-electron chi connectivity index (χ2n) is 4.84. The summed E-state index contributed by atoms with van der Waals surface area (Å²) in [7, 11) is 3.47. The van der Waals surface area contributed by atoms with Crippen molar-refractivity contribution in [3.05, 3.63) is 18.0 Å². The summed E-state index contributed by atoms with van der Waals surface area (Å²) in [6, 6.07) is 0. The van der Waals surface area contributed by atoms with E-state index < -0.39 is 5.97 Å². The molecule has 0 aliphatic rings. The third kappa shape index (κ3) is 3.49. The molecule has 114 valence electrons. The number of methoxy groups -OCH3 is 1. The lowest BCUT2D eigenvalue weighted by atomic mass is 10.1. The van der Waals surface area contributed by atoms with Gasteiger partial charge in [0.1, 0.15) is 5.56 Å². The topological polar surface area (TPSA) is 89.3 Å². The summed E-state index contributed by atoms with van der Waals surface area (Å²) in [4.78, 5) is 15.5. The van der Waals surface area contributed by atoms with E-state index in [1.54, 1.807) is 25.0 Å². The Hall–Kier alpha value is -2.15. The highest BCUT2D eigenvalue weighted by molar-refractivity contribution is 6.03. The summed E-state index contributed by atoms with van der Waals surface area (Å²) in [5, 5.41) is 17.4. The number of hydrogen-bond donors (Lipinski definition) is 2. The Labute approximate surface area is 122 Å². The number of anilines is 1. The monoisotopic (exact) mass is 292 g/mol. The molecular weight excluding hydrogens is 272 g/mol. The van der Waals surface area contributed by atoms with Gasteiger partial charge in [0.15, 0.2) is 5.65 Å². The molecule has 2 aromatic heterocycles. The number of nitrogens with one attached hydrogen (secondary N) is 1. The number of nitrogens with zero attached hydrogens (tertiary/aromatic N) is 3. The van der Waals surface area contributed by atoms with Crippen molar-refractivity contribution in [2.75, 3.05) is 25.6 Å². The standard InChI is InChI=1S/C14H20N4O3/c1-18-13-10(9-17-18)12(11(8-16-13)14(19)20)15-6-4-3-5-7-21-2/h8-9H,3-7H2,1-2H3,(H,15,16)(H,19,20). The molecule has 0 radical (unpaired) electrons. The molecule has 7 heteroatoms. The van der Waals surface area contributed by atoms with Gasteiger partial charge in [-0.05, 0) is 19.3 Å². The molecule has 0 aromatic carbocycles. The van der Waals surface area contributed by atoms with Gasteiger partial charge in [-0.3, -0.25) is 4.68 Å². The van der Waals surface area contributed by atoms with Crippen molar-refractivity contribution in [1.29, 1.82) is 0 Å². The molecule has 0 spiro atoms. The SMILES string of the molecule is COCCCCCNc1c(C(=O)O)cnc2c1cnn2C. The molecule has 0 atom stereocenters. The van der Waals surface area contributed by atoms with Gasteiger partial charge in [-0.2, -0.15) is 5.10 Å². The molecule has 0 aliphatic heterocycles. The number of aryl methyl sites for hydroxylation is 1. The number of ether oxygens (including phenoxy) is 1. The van der Waals surface area contributed by atoms with Crippen LogP contribution in [0.1, 0.15) is 29.6 Å².